The first kappa shape index (κ1) is 12.1. The van der Waals surface area contributed by atoms with Crippen LogP contribution in [0.15, 0.2) is 29.3 Å². The third-order valence-electron chi connectivity index (χ3n) is 1.73. The average molecular weight is 245 g/mol. The van der Waals surface area contributed by atoms with Crippen molar-refractivity contribution in [1.82, 2.24) is 0 Å². The fourth-order valence-corrected chi connectivity index (χ4v) is 1.24. The van der Waals surface area contributed by atoms with Gasteiger partial charge in [-0.1, -0.05) is 23.2 Å². The predicted octanol–water partition coefficient (Wildman–Crippen LogP) is 3.67. The maximum absolute atomic E-state index is 10.5. The molecule has 1 rings (SSSR count). The highest BCUT2D eigenvalue weighted by Gasteiger charge is 2.02. The van der Waals surface area contributed by atoms with E-state index in [9.17, 15) is 4.79 Å². The summed E-state index contributed by atoms with van der Waals surface area (Å²) in [5.74, 6) is 0.542. The van der Waals surface area contributed by atoms with Crippen LogP contribution in [-0.2, 0) is 0 Å². The number of halogens is 2. The van der Waals surface area contributed by atoms with Gasteiger partial charge >= 0.3 is 0 Å². The van der Waals surface area contributed by atoms with Gasteiger partial charge in [0.15, 0.2) is 0 Å². The van der Waals surface area contributed by atoms with E-state index >= 15 is 0 Å². The standard InChI is InChI=1S/C11H10Cl2O2/c1-8(5-12)7-15-11-3-2-9(6-14)4-10(11)13/h2-6H,7H2,1H3/b8-5-. The van der Waals surface area contributed by atoms with E-state index in [0.717, 1.165) is 11.9 Å². The minimum atomic E-state index is 0.379. The summed E-state index contributed by atoms with van der Waals surface area (Å²) in [6, 6.07) is 4.87. The van der Waals surface area contributed by atoms with Crippen molar-refractivity contribution >= 4 is 29.5 Å². The molecule has 15 heavy (non-hydrogen) atoms. The molecule has 0 aliphatic carbocycles. The Bertz CT molecular complexity index is 386. The van der Waals surface area contributed by atoms with Crippen LogP contribution in [0.3, 0.4) is 0 Å². The number of hydrogen-bond acceptors (Lipinski definition) is 2. The van der Waals surface area contributed by atoms with Gasteiger partial charge in [0, 0.05) is 11.1 Å². The smallest absolute Gasteiger partial charge is 0.150 e. The van der Waals surface area contributed by atoms with Gasteiger partial charge in [-0.05, 0) is 30.7 Å². The van der Waals surface area contributed by atoms with Crippen LogP contribution in [0.4, 0.5) is 0 Å². The van der Waals surface area contributed by atoms with Crippen molar-refractivity contribution in [2.75, 3.05) is 6.61 Å². The van der Waals surface area contributed by atoms with Crippen LogP contribution >= 0.6 is 23.2 Å². The average Bonchev–Trinajstić information content (AvgIpc) is 2.26. The lowest BCUT2D eigenvalue weighted by Crippen LogP contribution is -1.98. The van der Waals surface area contributed by atoms with Crippen LogP contribution in [0.1, 0.15) is 17.3 Å². The van der Waals surface area contributed by atoms with Gasteiger partial charge < -0.3 is 4.74 Å². The normalized spacial score (nSPS) is 11.3. The predicted molar refractivity (Wildman–Crippen MR) is 61.9 cm³/mol. The van der Waals surface area contributed by atoms with Crippen LogP contribution < -0.4 is 4.74 Å². The fourth-order valence-electron chi connectivity index (χ4n) is 0.931. The molecule has 0 aliphatic rings. The highest BCUT2D eigenvalue weighted by atomic mass is 35.5. The molecule has 0 aromatic heterocycles. The first-order chi connectivity index (χ1) is 7.17. The van der Waals surface area contributed by atoms with Gasteiger partial charge in [0.25, 0.3) is 0 Å². The Hall–Kier alpha value is -0.990. The van der Waals surface area contributed by atoms with Gasteiger partial charge in [-0.25, -0.2) is 0 Å². The molecule has 1 aromatic carbocycles. The monoisotopic (exact) mass is 244 g/mol. The maximum atomic E-state index is 10.5. The quantitative estimate of drug-likeness (QED) is 0.756. The molecule has 0 unspecified atom stereocenters. The SMILES string of the molecule is C/C(=C/Cl)COc1ccc(C=O)cc1Cl. The third kappa shape index (κ3) is 3.57. The summed E-state index contributed by atoms with van der Waals surface area (Å²) in [7, 11) is 0. The number of carbonyl (C=O) groups is 1. The molecule has 2 nitrogen and oxygen atoms in total. The van der Waals surface area contributed by atoms with Gasteiger partial charge in [0.1, 0.15) is 18.6 Å². The lowest BCUT2D eigenvalue weighted by Gasteiger charge is -2.07. The second-order valence-corrected chi connectivity index (χ2v) is 3.68. The van der Waals surface area contributed by atoms with Crippen molar-refractivity contribution < 1.29 is 9.53 Å². The number of carbonyl (C=O) groups excluding carboxylic acids is 1. The van der Waals surface area contributed by atoms with Crippen LogP contribution in [0.5, 0.6) is 5.75 Å². The Morgan fingerprint density at radius 1 is 1.53 bits per heavy atom. The Labute approximate surface area is 98.4 Å². The number of rotatable bonds is 4. The van der Waals surface area contributed by atoms with Crippen molar-refractivity contribution in [1.29, 1.82) is 0 Å². The van der Waals surface area contributed by atoms with Gasteiger partial charge in [-0.3, -0.25) is 4.79 Å². The third-order valence-corrected chi connectivity index (χ3v) is 2.40. The van der Waals surface area contributed by atoms with Gasteiger partial charge in [0.05, 0.1) is 5.02 Å². The Balaban J connectivity index is 2.74. The minimum absolute atomic E-state index is 0.379. The highest BCUT2D eigenvalue weighted by molar-refractivity contribution is 6.32. The summed E-state index contributed by atoms with van der Waals surface area (Å²) >= 11 is 11.4. The van der Waals surface area contributed by atoms with Crippen LogP contribution in [0.25, 0.3) is 0 Å². The molecule has 0 atom stereocenters. The lowest BCUT2D eigenvalue weighted by atomic mass is 10.2. The number of aldehydes is 1. The van der Waals surface area contributed by atoms with Crippen molar-refractivity contribution in [3.8, 4) is 5.75 Å². The summed E-state index contributed by atoms with van der Waals surface area (Å²) in [4.78, 5) is 10.5. The number of benzene rings is 1. The van der Waals surface area contributed by atoms with E-state index in [2.05, 4.69) is 0 Å². The molecule has 0 spiro atoms. The minimum Gasteiger partial charge on any atom is -0.488 e. The molecule has 0 N–H and O–H groups in total. The molecular weight excluding hydrogens is 235 g/mol. The second kappa shape index (κ2) is 5.79. The van der Waals surface area contributed by atoms with Crippen molar-refractivity contribution in [3.05, 3.63) is 39.9 Å². The van der Waals surface area contributed by atoms with Gasteiger partial charge in [-0.15, -0.1) is 0 Å². The molecule has 0 fully saturated rings. The Morgan fingerprint density at radius 3 is 2.80 bits per heavy atom. The van der Waals surface area contributed by atoms with E-state index in [-0.39, 0.29) is 0 Å². The molecule has 0 heterocycles. The molecule has 0 saturated carbocycles. The molecular formula is C11H10Cl2O2. The number of hydrogen-bond donors (Lipinski definition) is 0. The molecule has 0 radical (unpaired) electrons. The summed E-state index contributed by atoms with van der Waals surface area (Å²) in [6.45, 7) is 2.23. The van der Waals surface area contributed by atoms with Crippen molar-refractivity contribution in [3.63, 3.8) is 0 Å². The summed E-state index contributed by atoms with van der Waals surface area (Å²) in [5, 5.41) is 0.418. The topological polar surface area (TPSA) is 26.3 Å². The first-order valence-corrected chi connectivity index (χ1v) is 5.12. The summed E-state index contributed by atoms with van der Waals surface area (Å²) in [5.41, 5.74) is 2.87. The molecule has 0 bridgehead atoms. The molecule has 0 amide bonds. The zero-order valence-electron chi connectivity index (χ0n) is 8.17. The molecule has 4 heteroatoms. The van der Waals surface area contributed by atoms with E-state index in [1.807, 2.05) is 6.92 Å². The van der Waals surface area contributed by atoms with Crippen molar-refractivity contribution in [2.45, 2.75) is 6.92 Å². The van der Waals surface area contributed by atoms with E-state index in [1.54, 1.807) is 18.2 Å². The van der Waals surface area contributed by atoms with E-state index in [0.29, 0.717) is 22.9 Å². The van der Waals surface area contributed by atoms with Crippen LogP contribution in [0, 0.1) is 0 Å². The molecule has 0 aliphatic heterocycles. The molecule has 80 valence electrons. The van der Waals surface area contributed by atoms with E-state index in [4.69, 9.17) is 27.9 Å². The summed E-state index contributed by atoms with van der Waals surface area (Å²) < 4.78 is 5.39. The summed E-state index contributed by atoms with van der Waals surface area (Å²) in [6.07, 6.45) is 0.736. The maximum Gasteiger partial charge on any atom is 0.150 e. The second-order valence-electron chi connectivity index (χ2n) is 3.05. The largest absolute Gasteiger partial charge is 0.488 e. The Morgan fingerprint density at radius 2 is 2.27 bits per heavy atom. The molecule has 1 aromatic rings. The molecule has 0 saturated heterocycles. The lowest BCUT2D eigenvalue weighted by molar-refractivity contribution is 0.112. The zero-order chi connectivity index (χ0) is 11.3. The van der Waals surface area contributed by atoms with E-state index < -0.39 is 0 Å². The first-order valence-electron chi connectivity index (χ1n) is 4.30. The zero-order valence-corrected chi connectivity index (χ0v) is 9.68. The van der Waals surface area contributed by atoms with E-state index in [1.165, 1.54) is 5.54 Å². The van der Waals surface area contributed by atoms with Crippen LogP contribution in [0.2, 0.25) is 5.02 Å². The van der Waals surface area contributed by atoms with Gasteiger partial charge in [0.2, 0.25) is 0 Å². The fraction of sp³-hybridized carbons (Fsp3) is 0.182. The number of ether oxygens (including phenoxy) is 1. The van der Waals surface area contributed by atoms with Crippen molar-refractivity contribution in [2.24, 2.45) is 0 Å². The van der Waals surface area contributed by atoms with Gasteiger partial charge in [-0.2, -0.15) is 0 Å². The Kier molecular flexibility index (Phi) is 4.66. The highest BCUT2D eigenvalue weighted by Crippen LogP contribution is 2.25. The van der Waals surface area contributed by atoms with Crippen LogP contribution in [-0.4, -0.2) is 12.9 Å².